The zero-order chi connectivity index (χ0) is 16.9. The first-order chi connectivity index (χ1) is 11.6. The number of benzene rings is 2. The number of hydrogen-bond acceptors (Lipinski definition) is 2. The molecule has 2 aromatic rings. The molecule has 1 aliphatic heterocycles. The number of nitrogens with zero attached hydrogens (tertiary/aromatic N) is 1. The molecule has 4 heteroatoms. The second-order valence-electron chi connectivity index (χ2n) is 6.32. The highest BCUT2D eigenvalue weighted by atomic mass is 35.5. The average Bonchev–Trinajstić information content (AvgIpc) is 3.09. The first-order valence-electron chi connectivity index (χ1n) is 8.34. The second-order valence-corrected chi connectivity index (χ2v) is 6.75. The van der Waals surface area contributed by atoms with E-state index in [0.717, 1.165) is 36.1 Å². The van der Waals surface area contributed by atoms with Crippen LogP contribution in [0.1, 0.15) is 34.3 Å². The minimum absolute atomic E-state index is 0.0455. The van der Waals surface area contributed by atoms with E-state index in [-0.39, 0.29) is 12.0 Å². The molecule has 1 atom stereocenters. The van der Waals surface area contributed by atoms with Crippen molar-refractivity contribution in [2.45, 2.75) is 32.4 Å². The summed E-state index contributed by atoms with van der Waals surface area (Å²) < 4.78 is 5.74. The Bertz CT molecular complexity index is 693. The van der Waals surface area contributed by atoms with E-state index in [1.807, 2.05) is 60.4 Å². The summed E-state index contributed by atoms with van der Waals surface area (Å²) in [5.74, 6) is 0.0455. The van der Waals surface area contributed by atoms with Crippen molar-refractivity contribution < 1.29 is 9.53 Å². The molecule has 1 unspecified atom stereocenters. The van der Waals surface area contributed by atoms with Crippen LogP contribution in [0.4, 0.5) is 0 Å². The van der Waals surface area contributed by atoms with Gasteiger partial charge in [-0.05, 0) is 49.6 Å². The smallest absolute Gasteiger partial charge is 0.254 e. The molecule has 0 spiro atoms. The first kappa shape index (κ1) is 17.0. The van der Waals surface area contributed by atoms with E-state index in [1.54, 1.807) is 0 Å². The second kappa shape index (κ2) is 7.82. The van der Waals surface area contributed by atoms with E-state index >= 15 is 0 Å². The van der Waals surface area contributed by atoms with Crippen molar-refractivity contribution in [3.8, 4) is 0 Å². The molecule has 1 amide bonds. The molecular formula is C20H22ClNO2. The normalized spacial score (nSPS) is 17.0. The molecule has 1 fully saturated rings. The van der Waals surface area contributed by atoms with Gasteiger partial charge < -0.3 is 9.64 Å². The van der Waals surface area contributed by atoms with Gasteiger partial charge in [0, 0.05) is 30.3 Å². The van der Waals surface area contributed by atoms with Crippen LogP contribution in [0, 0.1) is 6.92 Å². The Morgan fingerprint density at radius 2 is 2.04 bits per heavy atom. The lowest BCUT2D eigenvalue weighted by Gasteiger charge is -2.26. The van der Waals surface area contributed by atoms with E-state index in [9.17, 15) is 4.79 Å². The average molecular weight is 344 g/mol. The number of hydrogen-bond donors (Lipinski definition) is 0. The summed E-state index contributed by atoms with van der Waals surface area (Å²) >= 11 is 5.96. The molecule has 0 bridgehead atoms. The van der Waals surface area contributed by atoms with E-state index in [0.29, 0.717) is 18.1 Å². The van der Waals surface area contributed by atoms with Crippen LogP contribution in [0.3, 0.4) is 0 Å². The van der Waals surface area contributed by atoms with Gasteiger partial charge >= 0.3 is 0 Å². The quantitative estimate of drug-likeness (QED) is 0.801. The zero-order valence-electron chi connectivity index (χ0n) is 13.9. The summed E-state index contributed by atoms with van der Waals surface area (Å²) in [7, 11) is 0. The van der Waals surface area contributed by atoms with Crippen molar-refractivity contribution in [2.24, 2.45) is 0 Å². The number of amides is 1. The lowest BCUT2D eigenvalue weighted by molar-refractivity contribution is 0.0507. The van der Waals surface area contributed by atoms with Crippen LogP contribution in [0.25, 0.3) is 0 Å². The Morgan fingerprint density at radius 3 is 2.71 bits per heavy atom. The molecule has 1 saturated heterocycles. The highest BCUT2D eigenvalue weighted by Gasteiger charge is 2.23. The van der Waals surface area contributed by atoms with Gasteiger partial charge in [0.25, 0.3) is 5.91 Å². The van der Waals surface area contributed by atoms with E-state index in [1.165, 1.54) is 0 Å². The van der Waals surface area contributed by atoms with Gasteiger partial charge in [0.1, 0.15) is 0 Å². The Kier molecular flexibility index (Phi) is 5.54. The van der Waals surface area contributed by atoms with Crippen LogP contribution in [0.5, 0.6) is 0 Å². The molecule has 1 aliphatic rings. The molecule has 24 heavy (non-hydrogen) atoms. The third-order valence-corrected chi connectivity index (χ3v) is 4.54. The SMILES string of the molecule is Cc1cccc(C(=O)N(Cc2ccc(Cl)cc2)CC2CCCO2)c1. The largest absolute Gasteiger partial charge is 0.376 e. The first-order valence-corrected chi connectivity index (χ1v) is 8.71. The molecule has 3 nitrogen and oxygen atoms in total. The van der Waals surface area contributed by atoms with Gasteiger partial charge in [-0.25, -0.2) is 0 Å². The van der Waals surface area contributed by atoms with Crippen molar-refractivity contribution in [3.63, 3.8) is 0 Å². The summed E-state index contributed by atoms with van der Waals surface area (Å²) in [5, 5.41) is 0.703. The van der Waals surface area contributed by atoms with Gasteiger partial charge in [0.2, 0.25) is 0 Å². The topological polar surface area (TPSA) is 29.5 Å². The Morgan fingerprint density at radius 1 is 1.25 bits per heavy atom. The van der Waals surface area contributed by atoms with Crippen molar-refractivity contribution in [1.29, 1.82) is 0 Å². The highest BCUT2D eigenvalue weighted by molar-refractivity contribution is 6.30. The molecule has 2 aromatic carbocycles. The Labute approximate surface area is 148 Å². The number of carbonyl (C=O) groups excluding carboxylic acids is 1. The third-order valence-electron chi connectivity index (χ3n) is 4.29. The fourth-order valence-corrected chi connectivity index (χ4v) is 3.15. The molecule has 0 N–H and O–H groups in total. The molecular weight excluding hydrogens is 322 g/mol. The molecule has 0 saturated carbocycles. The fraction of sp³-hybridized carbons (Fsp3) is 0.350. The van der Waals surface area contributed by atoms with Crippen LogP contribution in [0.2, 0.25) is 5.02 Å². The van der Waals surface area contributed by atoms with Crippen LogP contribution in [0.15, 0.2) is 48.5 Å². The van der Waals surface area contributed by atoms with Gasteiger partial charge in [-0.1, -0.05) is 41.4 Å². The van der Waals surface area contributed by atoms with Crippen molar-refractivity contribution in [1.82, 2.24) is 4.90 Å². The summed E-state index contributed by atoms with van der Waals surface area (Å²) in [5.41, 5.74) is 2.88. The van der Waals surface area contributed by atoms with E-state index in [2.05, 4.69) is 0 Å². The number of ether oxygens (including phenoxy) is 1. The molecule has 126 valence electrons. The van der Waals surface area contributed by atoms with Crippen LogP contribution in [-0.4, -0.2) is 30.1 Å². The number of rotatable bonds is 5. The maximum atomic E-state index is 13.0. The highest BCUT2D eigenvalue weighted by Crippen LogP contribution is 2.19. The van der Waals surface area contributed by atoms with Gasteiger partial charge in [-0.15, -0.1) is 0 Å². The lowest BCUT2D eigenvalue weighted by atomic mass is 10.1. The van der Waals surface area contributed by atoms with E-state index in [4.69, 9.17) is 16.3 Å². The predicted molar refractivity (Wildman–Crippen MR) is 96.3 cm³/mol. The molecule has 1 heterocycles. The Balaban J connectivity index is 1.80. The van der Waals surface area contributed by atoms with Gasteiger partial charge in [-0.2, -0.15) is 0 Å². The van der Waals surface area contributed by atoms with Gasteiger partial charge in [-0.3, -0.25) is 4.79 Å². The molecule has 0 aromatic heterocycles. The Hall–Kier alpha value is -1.84. The van der Waals surface area contributed by atoms with Crippen LogP contribution < -0.4 is 0 Å². The summed E-state index contributed by atoms with van der Waals surface area (Å²) in [6, 6.07) is 15.4. The van der Waals surface area contributed by atoms with Crippen LogP contribution in [-0.2, 0) is 11.3 Å². The minimum Gasteiger partial charge on any atom is -0.376 e. The number of aryl methyl sites for hydroxylation is 1. The van der Waals surface area contributed by atoms with E-state index < -0.39 is 0 Å². The minimum atomic E-state index is 0.0455. The third kappa shape index (κ3) is 4.37. The summed E-state index contributed by atoms with van der Waals surface area (Å²) in [6.45, 7) is 3.97. The van der Waals surface area contributed by atoms with Crippen molar-refractivity contribution >= 4 is 17.5 Å². The monoisotopic (exact) mass is 343 g/mol. The lowest BCUT2D eigenvalue weighted by Crippen LogP contribution is -2.37. The number of halogens is 1. The number of carbonyl (C=O) groups is 1. The molecule has 0 radical (unpaired) electrons. The van der Waals surface area contributed by atoms with Gasteiger partial charge in [0.05, 0.1) is 6.10 Å². The maximum absolute atomic E-state index is 13.0. The molecule has 0 aliphatic carbocycles. The maximum Gasteiger partial charge on any atom is 0.254 e. The zero-order valence-corrected chi connectivity index (χ0v) is 14.6. The van der Waals surface area contributed by atoms with Gasteiger partial charge in [0.15, 0.2) is 0 Å². The summed E-state index contributed by atoms with van der Waals surface area (Å²) in [6.07, 6.45) is 2.21. The van der Waals surface area contributed by atoms with Crippen LogP contribution >= 0.6 is 11.6 Å². The fourth-order valence-electron chi connectivity index (χ4n) is 3.02. The summed E-state index contributed by atoms with van der Waals surface area (Å²) in [4.78, 5) is 14.9. The predicted octanol–water partition coefficient (Wildman–Crippen LogP) is 4.47. The van der Waals surface area contributed by atoms with Crippen molar-refractivity contribution in [2.75, 3.05) is 13.2 Å². The van der Waals surface area contributed by atoms with Crippen molar-refractivity contribution in [3.05, 3.63) is 70.2 Å². The standard InChI is InChI=1S/C20H22ClNO2/c1-15-4-2-5-17(12-15)20(23)22(14-19-6-3-11-24-19)13-16-7-9-18(21)10-8-16/h2,4-5,7-10,12,19H,3,6,11,13-14H2,1H3. The molecule has 3 rings (SSSR count).